The van der Waals surface area contributed by atoms with Crippen molar-refractivity contribution in [3.05, 3.63) is 164 Å². The van der Waals surface area contributed by atoms with Crippen LogP contribution in [0.4, 0.5) is 8.78 Å². The largest absolute Gasteiger partial charge is 0.424 e. The summed E-state index contributed by atoms with van der Waals surface area (Å²) in [5.41, 5.74) is 7.61. The van der Waals surface area contributed by atoms with Gasteiger partial charge in [-0.15, -0.1) is 10.2 Å². The minimum Gasteiger partial charge on any atom is -0.424 e. The Kier molecular flexibility index (Phi) is 11.2. The molecule has 4 aromatic carbocycles. The van der Waals surface area contributed by atoms with Gasteiger partial charge in [-0.05, 0) is 103 Å². The van der Waals surface area contributed by atoms with E-state index >= 15 is 0 Å². The SMILES string of the molecule is C=Cc1ccc(-n2nnc(-c3ccc(F)cc3)c2-c2ccncc2)cc1.CCOCn1nnc(-c2ccc(F)cc2)c1-c1ccnc(Oc2ccccc2)n1. The molecule has 0 atom stereocenters. The average Bonchev–Trinajstić information content (AvgIpc) is 3.87. The number of para-hydroxylation sites is 1. The third kappa shape index (κ3) is 8.53. The number of benzene rings is 4. The second-order valence-corrected chi connectivity index (χ2v) is 11.8. The molecule has 0 amide bonds. The van der Waals surface area contributed by atoms with Crippen LogP contribution in [0.25, 0.3) is 56.9 Å². The summed E-state index contributed by atoms with van der Waals surface area (Å²) in [5, 5.41) is 17.2. The van der Waals surface area contributed by atoms with Crippen LogP contribution >= 0.6 is 0 Å². The Morgan fingerprint density at radius 2 is 1.31 bits per heavy atom. The van der Waals surface area contributed by atoms with E-state index in [0.717, 1.165) is 28.1 Å². The molecule has 0 fully saturated rings. The van der Waals surface area contributed by atoms with E-state index in [2.05, 4.69) is 42.2 Å². The van der Waals surface area contributed by atoms with Gasteiger partial charge in [0.05, 0.1) is 11.4 Å². The molecule has 4 heterocycles. The molecule has 0 N–H and O–H groups in total. The van der Waals surface area contributed by atoms with E-state index in [0.29, 0.717) is 40.7 Å². The van der Waals surface area contributed by atoms with Crippen molar-refractivity contribution in [2.45, 2.75) is 13.7 Å². The van der Waals surface area contributed by atoms with E-state index in [9.17, 15) is 8.78 Å². The monoisotopic (exact) mass is 733 g/mol. The Labute approximate surface area is 315 Å². The first-order valence-corrected chi connectivity index (χ1v) is 17.2. The van der Waals surface area contributed by atoms with Gasteiger partial charge in [-0.3, -0.25) is 4.98 Å². The van der Waals surface area contributed by atoms with Crippen LogP contribution in [0.5, 0.6) is 11.8 Å². The van der Waals surface area contributed by atoms with Crippen LogP contribution in [0.2, 0.25) is 0 Å². The third-order valence-electron chi connectivity index (χ3n) is 8.21. The summed E-state index contributed by atoms with van der Waals surface area (Å²) in [6.45, 7) is 6.41. The van der Waals surface area contributed by atoms with Gasteiger partial charge >= 0.3 is 6.01 Å². The quantitative estimate of drug-likeness (QED) is 0.128. The van der Waals surface area contributed by atoms with Crippen molar-refractivity contribution >= 4 is 6.08 Å². The number of aromatic nitrogens is 9. The highest BCUT2D eigenvalue weighted by molar-refractivity contribution is 5.79. The Morgan fingerprint density at radius 3 is 1.95 bits per heavy atom. The van der Waals surface area contributed by atoms with Gasteiger partial charge in [0.15, 0.2) is 0 Å². The first-order chi connectivity index (χ1) is 27.0. The van der Waals surface area contributed by atoms with Crippen LogP contribution in [0.15, 0.2) is 146 Å². The van der Waals surface area contributed by atoms with Gasteiger partial charge in [-0.25, -0.2) is 23.1 Å². The summed E-state index contributed by atoms with van der Waals surface area (Å²) in [6.07, 6.45) is 6.84. The number of hydrogen-bond acceptors (Lipinski definition) is 9. The molecule has 0 unspecified atom stereocenters. The van der Waals surface area contributed by atoms with Crippen LogP contribution in [0, 0.1) is 11.6 Å². The number of nitrogens with zero attached hydrogens (tertiary/aromatic N) is 9. The molecule has 0 aliphatic carbocycles. The van der Waals surface area contributed by atoms with Crippen molar-refractivity contribution in [1.82, 2.24) is 44.9 Å². The number of hydrogen-bond donors (Lipinski definition) is 0. The van der Waals surface area contributed by atoms with Gasteiger partial charge in [-0.1, -0.05) is 53.4 Å². The van der Waals surface area contributed by atoms with Crippen molar-refractivity contribution in [2.24, 2.45) is 0 Å². The van der Waals surface area contributed by atoms with Gasteiger partial charge in [0.2, 0.25) is 0 Å². The second kappa shape index (κ2) is 17.1. The smallest absolute Gasteiger partial charge is 0.322 e. The fourth-order valence-corrected chi connectivity index (χ4v) is 5.54. The molecule has 0 bridgehead atoms. The first kappa shape index (κ1) is 36.1. The maximum atomic E-state index is 13.4. The maximum Gasteiger partial charge on any atom is 0.322 e. The van der Waals surface area contributed by atoms with Crippen LogP contribution in [0.3, 0.4) is 0 Å². The maximum absolute atomic E-state index is 13.4. The predicted octanol–water partition coefficient (Wildman–Crippen LogP) is 9.11. The minimum absolute atomic E-state index is 0.197. The van der Waals surface area contributed by atoms with Gasteiger partial charge in [0.25, 0.3) is 0 Å². The summed E-state index contributed by atoms with van der Waals surface area (Å²) in [6, 6.07) is 35.2. The molecule has 0 aliphatic rings. The van der Waals surface area contributed by atoms with E-state index in [4.69, 9.17) is 9.47 Å². The molecule has 0 spiro atoms. The van der Waals surface area contributed by atoms with Crippen molar-refractivity contribution in [2.75, 3.05) is 6.61 Å². The number of pyridine rings is 1. The van der Waals surface area contributed by atoms with Crippen molar-refractivity contribution in [3.8, 4) is 62.6 Å². The van der Waals surface area contributed by atoms with E-state index in [-0.39, 0.29) is 24.4 Å². The fourth-order valence-electron chi connectivity index (χ4n) is 5.54. The normalized spacial score (nSPS) is 10.7. The molecule has 11 nitrogen and oxygen atoms in total. The standard InChI is InChI=1S/C21H18FN5O2.C21H15FN4/c1-2-28-14-27-20(19(25-26-27)15-8-10-16(22)11-9-15)18-12-13-23-21(24-18)29-17-6-4-3-5-7-17;1-2-15-3-9-19(10-4-15)26-21(17-11-13-23-14-12-17)20(24-25-26)16-5-7-18(22)8-6-16/h3-13H,2,14H2,1H3;2-14H,1H2. The second-order valence-electron chi connectivity index (χ2n) is 11.8. The van der Waals surface area contributed by atoms with E-state index in [1.165, 1.54) is 24.3 Å². The van der Waals surface area contributed by atoms with Crippen LogP contribution in [-0.2, 0) is 11.5 Å². The third-order valence-corrected chi connectivity index (χ3v) is 8.21. The zero-order valence-electron chi connectivity index (χ0n) is 29.6. The topological polar surface area (TPSA) is 119 Å². The van der Waals surface area contributed by atoms with Crippen LogP contribution in [0.1, 0.15) is 12.5 Å². The Bertz CT molecular complexity index is 2470. The summed E-state index contributed by atoms with van der Waals surface area (Å²) in [5.74, 6) is 0.0218. The molecule has 272 valence electrons. The lowest BCUT2D eigenvalue weighted by atomic mass is 10.1. The predicted molar refractivity (Wildman–Crippen MR) is 205 cm³/mol. The van der Waals surface area contributed by atoms with Gasteiger partial charge in [0.1, 0.15) is 46.9 Å². The highest BCUT2D eigenvalue weighted by Gasteiger charge is 2.20. The molecule has 8 aromatic rings. The average molecular weight is 734 g/mol. The lowest BCUT2D eigenvalue weighted by Crippen LogP contribution is -2.07. The molecule has 0 saturated heterocycles. The zero-order valence-corrected chi connectivity index (χ0v) is 29.6. The Balaban J connectivity index is 0.000000170. The van der Waals surface area contributed by atoms with Crippen molar-refractivity contribution in [3.63, 3.8) is 0 Å². The molecule has 4 aromatic heterocycles. The first-order valence-electron chi connectivity index (χ1n) is 17.2. The van der Waals surface area contributed by atoms with Crippen molar-refractivity contribution in [1.29, 1.82) is 0 Å². The van der Waals surface area contributed by atoms with Gasteiger partial charge in [0, 0.05) is 41.9 Å². The summed E-state index contributed by atoms with van der Waals surface area (Å²) < 4.78 is 41.3. The highest BCUT2D eigenvalue weighted by atomic mass is 19.1. The molecule has 0 aliphatic heterocycles. The lowest BCUT2D eigenvalue weighted by molar-refractivity contribution is 0.0790. The van der Waals surface area contributed by atoms with E-state index < -0.39 is 0 Å². The Morgan fingerprint density at radius 1 is 0.673 bits per heavy atom. The summed E-state index contributed by atoms with van der Waals surface area (Å²) in [4.78, 5) is 12.8. The summed E-state index contributed by atoms with van der Waals surface area (Å²) >= 11 is 0. The number of halogens is 2. The van der Waals surface area contributed by atoms with Crippen LogP contribution in [-0.4, -0.2) is 51.5 Å². The van der Waals surface area contributed by atoms with Gasteiger partial charge < -0.3 is 9.47 Å². The molecular weight excluding hydrogens is 701 g/mol. The van der Waals surface area contributed by atoms with E-state index in [1.807, 2.05) is 73.7 Å². The molecule has 8 rings (SSSR count). The molecule has 0 radical (unpaired) electrons. The zero-order chi connectivity index (χ0) is 38.0. The number of rotatable bonds is 11. The van der Waals surface area contributed by atoms with Crippen LogP contribution < -0.4 is 4.74 Å². The molecule has 55 heavy (non-hydrogen) atoms. The molecule has 13 heteroatoms. The molecular formula is C42H33F2N9O2. The van der Waals surface area contributed by atoms with E-state index in [1.54, 1.807) is 64.4 Å². The number of ether oxygens (including phenoxy) is 2. The fraction of sp³-hybridized carbons (Fsp3) is 0.0714. The highest BCUT2D eigenvalue weighted by Crippen LogP contribution is 2.33. The Hall–Kier alpha value is -7.25. The lowest BCUT2D eigenvalue weighted by Gasteiger charge is -2.09. The van der Waals surface area contributed by atoms with Gasteiger partial charge in [-0.2, -0.15) is 4.98 Å². The minimum atomic E-state index is -0.322. The molecule has 0 saturated carbocycles. The summed E-state index contributed by atoms with van der Waals surface area (Å²) in [7, 11) is 0. The van der Waals surface area contributed by atoms with Crippen molar-refractivity contribution < 1.29 is 18.3 Å².